The van der Waals surface area contributed by atoms with E-state index < -0.39 is 0 Å². The molecule has 0 amide bonds. The number of rotatable bonds is 4. The molecular formula is C21H21FN4O. The highest BCUT2D eigenvalue weighted by Gasteiger charge is 2.23. The van der Waals surface area contributed by atoms with E-state index in [1.807, 2.05) is 24.3 Å². The van der Waals surface area contributed by atoms with Gasteiger partial charge in [0.2, 0.25) is 0 Å². The van der Waals surface area contributed by atoms with Gasteiger partial charge in [-0.2, -0.15) is 0 Å². The van der Waals surface area contributed by atoms with Gasteiger partial charge in [-0.3, -0.25) is 14.7 Å². The van der Waals surface area contributed by atoms with Gasteiger partial charge >= 0.3 is 0 Å². The van der Waals surface area contributed by atoms with E-state index in [0.717, 1.165) is 37.2 Å². The molecule has 1 saturated heterocycles. The molecule has 0 radical (unpaired) electrons. The van der Waals surface area contributed by atoms with Gasteiger partial charge in [0.1, 0.15) is 11.5 Å². The molecule has 0 saturated carbocycles. The van der Waals surface area contributed by atoms with Gasteiger partial charge < -0.3 is 4.98 Å². The number of hydrogen-bond donors (Lipinski definition) is 1. The Labute approximate surface area is 156 Å². The highest BCUT2D eigenvalue weighted by molar-refractivity contribution is 5.48. The largest absolute Gasteiger partial charge is 0.305 e. The number of aromatic nitrogens is 3. The van der Waals surface area contributed by atoms with Crippen LogP contribution in [0.4, 0.5) is 4.39 Å². The number of aromatic amines is 1. The van der Waals surface area contributed by atoms with Gasteiger partial charge in [-0.15, -0.1) is 0 Å². The van der Waals surface area contributed by atoms with Crippen LogP contribution < -0.4 is 5.56 Å². The van der Waals surface area contributed by atoms with Crippen LogP contribution in [0.25, 0.3) is 11.5 Å². The van der Waals surface area contributed by atoms with E-state index in [4.69, 9.17) is 0 Å². The van der Waals surface area contributed by atoms with Crippen LogP contribution in [0.5, 0.6) is 0 Å². The van der Waals surface area contributed by atoms with Crippen molar-refractivity contribution in [3.8, 4) is 11.5 Å². The summed E-state index contributed by atoms with van der Waals surface area (Å²) in [7, 11) is 0. The number of likely N-dealkylation sites (tertiary alicyclic amines) is 1. The van der Waals surface area contributed by atoms with Crippen LogP contribution in [0.3, 0.4) is 0 Å². The van der Waals surface area contributed by atoms with E-state index in [9.17, 15) is 9.18 Å². The van der Waals surface area contributed by atoms with Crippen molar-refractivity contribution in [2.45, 2.75) is 25.3 Å². The first-order chi connectivity index (χ1) is 13.2. The summed E-state index contributed by atoms with van der Waals surface area (Å²) in [5.74, 6) is 0.467. The number of H-pyrrole nitrogens is 1. The highest BCUT2D eigenvalue weighted by Crippen LogP contribution is 2.27. The van der Waals surface area contributed by atoms with Crippen LogP contribution in [0.2, 0.25) is 0 Å². The van der Waals surface area contributed by atoms with Crippen molar-refractivity contribution >= 4 is 0 Å². The van der Waals surface area contributed by atoms with Gasteiger partial charge in [0, 0.05) is 31.3 Å². The van der Waals surface area contributed by atoms with Crippen molar-refractivity contribution in [2.75, 3.05) is 13.1 Å². The molecule has 0 spiro atoms. The topological polar surface area (TPSA) is 61.9 Å². The maximum absolute atomic E-state index is 13.4. The molecule has 1 aliphatic heterocycles. The lowest BCUT2D eigenvalue weighted by molar-refractivity contribution is 0.198. The minimum Gasteiger partial charge on any atom is -0.305 e. The number of nitrogens with one attached hydrogen (secondary N) is 1. The molecule has 1 fully saturated rings. The average molecular weight is 364 g/mol. The minimum absolute atomic E-state index is 0.164. The zero-order valence-electron chi connectivity index (χ0n) is 14.9. The lowest BCUT2D eigenvalue weighted by Crippen LogP contribution is -2.34. The molecule has 1 atom stereocenters. The zero-order valence-corrected chi connectivity index (χ0v) is 14.9. The summed E-state index contributed by atoms with van der Waals surface area (Å²) in [6, 6.07) is 13.8. The predicted molar refractivity (Wildman–Crippen MR) is 102 cm³/mol. The fourth-order valence-electron chi connectivity index (χ4n) is 3.64. The van der Waals surface area contributed by atoms with Crippen LogP contribution in [0.1, 0.15) is 30.0 Å². The van der Waals surface area contributed by atoms with Crippen molar-refractivity contribution < 1.29 is 4.39 Å². The molecule has 1 aromatic carbocycles. The molecule has 1 N–H and O–H groups in total. The van der Waals surface area contributed by atoms with E-state index >= 15 is 0 Å². The second-order valence-electron chi connectivity index (χ2n) is 6.94. The predicted octanol–water partition coefficient (Wildman–Crippen LogP) is 3.35. The average Bonchev–Trinajstić information content (AvgIpc) is 2.68. The number of benzene rings is 1. The molecule has 27 heavy (non-hydrogen) atoms. The van der Waals surface area contributed by atoms with Crippen molar-refractivity contribution in [1.82, 2.24) is 19.9 Å². The molecule has 6 heteroatoms. The molecule has 4 rings (SSSR count). The van der Waals surface area contributed by atoms with E-state index in [-0.39, 0.29) is 17.3 Å². The van der Waals surface area contributed by atoms with E-state index in [1.54, 1.807) is 24.4 Å². The SMILES string of the molecule is O=c1cc([C@@H]2CCCN(Cc3cccc(F)c3)C2)nc(-c2ccccn2)[nH]1. The lowest BCUT2D eigenvalue weighted by Gasteiger charge is -2.32. The second kappa shape index (κ2) is 7.80. The number of halogens is 1. The number of piperidine rings is 1. The Morgan fingerprint density at radius 3 is 2.93 bits per heavy atom. The Hall–Kier alpha value is -2.86. The fourth-order valence-corrected chi connectivity index (χ4v) is 3.64. The summed E-state index contributed by atoms with van der Waals surface area (Å²) < 4.78 is 13.4. The first-order valence-corrected chi connectivity index (χ1v) is 9.17. The molecule has 0 aliphatic carbocycles. The standard InChI is InChI=1S/C21H21FN4O/c22-17-7-3-5-15(11-17)13-26-10-4-6-16(14-26)19-12-20(27)25-21(24-19)18-8-1-2-9-23-18/h1-3,5,7-9,11-12,16H,4,6,10,13-14H2,(H,24,25,27)/t16-/m1/s1. The van der Waals surface area contributed by atoms with Crippen LogP contribution in [-0.4, -0.2) is 32.9 Å². The van der Waals surface area contributed by atoms with Crippen LogP contribution in [0.15, 0.2) is 59.5 Å². The molecule has 1 aliphatic rings. The summed E-state index contributed by atoms with van der Waals surface area (Å²) in [4.78, 5) is 26.2. The smallest absolute Gasteiger partial charge is 0.251 e. The molecule has 0 bridgehead atoms. The van der Waals surface area contributed by atoms with Gasteiger partial charge in [-0.25, -0.2) is 9.37 Å². The van der Waals surface area contributed by atoms with Gasteiger partial charge in [0.05, 0.1) is 5.69 Å². The normalized spacial score (nSPS) is 17.7. The summed E-state index contributed by atoms with van der Waals surface area (Å²) >= 11 is 0. The Balaban J connectivity index is 1.54. The van der Waals surface area contributed by atoms with Crippen LogP contribution in [-0.2, 0) is 6.54 Å². The van der Waals surface area contributed by atoms with Crippen molar-refractivity contribution in [1.29, 1.82) is 0 Å². The Morgan fingerprint density at radius 2 is 2.11 bits per heavy atom. The first-order valence-electron chi connectivity index (χ1n) is 9.17. The molecule has 2 aromatic heterocycles. The van der Waals surface area contributed by atoms with Crippen molar-refractivity contribution in [3.05, 3.63) is 82.2 Å². The molecule has 138 valence electrons. The number of nitrogens with zero attached hydrogens (tertiary/aromatic N) is 3. The van der Waals surface area contributed by atoms with Gasteiger partial charge in [-0.1, -0.05) is 18.2 Å². The summed E-state index contributed by atoms with van der Waals surface area (Å²) in [6.45, 7) is 2.46. The zero-order chi connectivity index (χ0) is 18.6. The molecular weight excluding hydrogens is 343 g/mol. The van der Waals surface area contributed by atoms with Crippen LogP contribution in [0, 0.1) is 5.82 Å². The summed E-state index contributed by atoms with van der Waals surface area (Å²) in [5.41, 5.74) is 2.25. The molecule has 3 heterocycles. The fraction of sp³-hybridized carbons (Fsp3) is 0.286. The minimum atomic E-state index is -0.211. The van der Waals surface area contributed by atoms with E-state index in [1.165, 1.54) is 6.07 Å². The van der Waals surface area contributed by atoms with Crippen LogP contribution >= 0.6 is 0 Å². The highest BCUT2D eigenvalue weighted by atomic mass is 19.1. The Bertz CT molecular complexity index is 973. The molecule has 0 unspecified atom stereocenters. The first kappa shape index (κ1) is 17.5. The summed E-state index contributed by atoms with van der Waals surface area (Å²) in [5, 5.41) is 0. The van der Waals surface area contributed by atoms with Crippen molar-refractivity contribution in [3.63, 3.8) is 0 Å². The Morgan fingerprint density at radius 1 is 1.19 bits per heavy atom. The lowest BCUT2D eigenvalue weighted by atomic mass is 9.94. The third-order valence-electron chi connectivity index (χ3n) is 4.89. The van der Waals surface area contributed by atoms with Crippen molar-refractivity contribution in [2.24, 2.45) is 0 Å². The molecule has 3 aromatic rings. The molecule has 5 nitrogen and oxygen atoms in total. The van der Waals surface area contributed by atoms with Gasteiger partial charge in [-0.05, 0) is 49.2 Å². The quantitative estimate of drug-likeness (QED) is 0.771. The van der Waals surface area contributed by atoms with E-state index in [2.05, 4.69) is 19.9 Å². The maximum Gasteiger partial charge on any atom is 0.251 e. The third kappa shape index (κ3) is 4.28. The maximum atomic E-state index is 13.4. The van der Waals surface area contributed by atoms with Gasteiger partial charge in [0.15, 0.2) is 5.82 Å². The van der Waals surface area contributed by atoms with Gasteiger partial charge in [0.25, 0.3) is 5.56 Å². The number of hydrogen-bond acceptors (Lipinski definition) is 4. The van der Waals surface area contributed by atoms with E-state index in [0.29, 0.717) is 18.1 Å². The second-order valence-corrected chi connectivity index (χ2v) is 6.94. The Kier molecular flexibility index (Phi) is 5.07. The number of pyridine rings is 1. The summed E-state index contributed by atoms with van der Waals surface area (Å²) in [6.07, 6.45) is 3.69. The monoisotopic (exact) mass is 364 g/mol. The third-order valence-corrected chi connectivity index (χ3v) is 4.89.